The molecule has 0 unspecified atom stereocenters. The third-order valence-electron chi connectivity index (χ3n) is 5.74. The number of hydrogen-bond donors (Lipinski definition) is 1. The number of nitrogens with one attached hydrogen (secondary N) is 1. The fourth-order valence-electron chi connectivity index (χ4n) is 4.17. The van der Waals surface area contributed by atoms with Gasteiger partial charge in [0, 0.05) is 37.9 Å². The van der Waals surface area contributed by atoms with Gasteiger partial charge in [-0.3, -0.25) is 4.90 Å². The number of benzene rings is 1. The molecule has 2 saturated heterocycles. The molecule has 3 rings (SSSR count). The highest BCUT2D eigenvalue weighted by Gasteiger charge is 2.26. The zero-order valence-corrected chi connectivity index (χ0v) is 15.4. The van der Waals surface area contributed by atoms with Crippen molar-refractivity contribution >= 4 is 0 Å². The van der Waals surface area contributed by atoms with Crippen LogP contribution in [0.4, 0.5) is 0 Å². The van der Waals surface area contributed by atoms with Crippen LogP contribution in [0.5, 0.6) is 0 Å². The molecule has 0 radical (unpaired) electrons. The van der Waals surface area contributed by atoms with Gasteiger partial charge in [-0.1, -0.05) is 43.3 Å². The maximum absolute atomic E-state index is 4.43. The molecule has 2 heterocycles. The summed E-state index contributed by atoms with van der Waals surface area (Å²) in [6.07, 6.45) is 3.71. The maximum Gasteiger partial charge on any atom is 0.0303 e. The Morgan fingerprint density at radius 1 is 1.21 bits per heavy atom. The SMILES string of the molecule is C=C([C@H](C)Cc1cccc(C)c1)N1CCN(C2CCNCC2)CC1. The van der Waals surface area contributed by atoms with Crippen LogP contribution in [0.1, 0.15) is 30.9 Å². The summed E-state index contributed by atoms with van der Waals surface area (Å²) in [5, 5.41) is 3.47. The monoisotopic (exact) mass is 327 g/mol. The van der Waals surface area contributed by atoms with Crippen LogP contribution in [0.25, 0.3) is 0 Å². The van der Waals surface area contributed by atoms with Gasteiger partial charge in [0.15, 0.2) is 0 Å². The molecule has 24 heavy (non-hydrogen) atoms. The number of allylic oxidation sites excluding steroid dienone is 1. The molecular formula is C21H33N3. The van der Waals surface area contributed by atoms with E-state index in [1.807, 2.05) is 0 Å². The van der Waals surface area contributed by atoms with Gasteiger partial charge >= 0.3 is 0 Å². The Hall–Kier alpha value is -1.32. The van der Waals surface area contributed by atoms with Crippen LogP contribution in [0.3, 0.4) is 0 Å². The molecular weight excluding hydrogens is 294 g/mol. The predicted molar refractivity (Wildman–Crippen MR) is 102 cm³/mol. The lowest BCUT2D eigenvalue weighted by Crippen LogP contribution is -2.52. The van der Waals surface area contributed by atoms with Gasteiger partial charge in [-0.25, -0.2) is 0 Å². The lowest BCUT2D eigenvalue weighted by Gasteiger charge is -2.43. The molecule has 0 aromatic heterocycles. The van der Waals surface area contributed by atoms with Gasteiger partial charge in [0.2, 0.25) is 0 Å². The first kappa shape index (κ1) is 17.5. The third kappa shape index (κ3) is 4.40. The summed E-state index contributed by atoms with van der Waals surface area (Å²) in [6.45, 7) is 16.0. The van der Waals surface area contributed by atoms with Crippen LogP contribution in [-0.2, 0) is 6.42 Å². The van der Waals surface area contributed by atoms with Gasteiger partial charge in [-0.15, -0.1) is 0 Å². The van der Waals surface area contributed by atoms with Crippen LogP contribution in [-0.4, -0.2) is 55.1 Å². The molecule has 1 aromatic rings. The van der Waals surface area contributed by atoms with Crippen molar-refractivity contribution in [2.75, 3.05) is 39.3 Å². The van der Waals surface area contributed by atoms with Gasteiger partial charge in [0.1, 0.15) is 0 Å². The molecule has 1 aromatic carbocycles. The highest BCUT2D eigenvalue weighted by Crippen LogP contribution is 2.22. The zero-order chi connectivity index (χ0) is 16.9. The van der Waals surface area contributed by atoms with Crippen LogP contribution in [0.15, 0.2) is 36.5 Å². The fourth-order valence-corrected chi connectivity index (χ4v) is 4.17. The maximum atomic E-state index is 4.43. The molecule has 2 fully saturated rings. The van der Waals surface area contributed by atoms with E-state index in [-0.39, 0.29) is 0 Å². The number of aryl methyl sites for hydroxylation is 1. The van der Waals surface area contributed by atoms with Crippen molar-refractivity contribution in [3.8, 4) is 0 Å². The summed E-state index contributed by atoms with van der Waals surface area (Å²) in [5.74, 6) is 0.511. The normalized spacial score (nSPS) is 21.7. The lowest BCUT2D eigenvalue weighted by molar-refractivity contribution is 0.0932. The van der Waals surface area contributed by atoms with Crippen molar-refractivity contribution in [3.63, 3.8) is 0 Å². The average molecular weight is 328 g/mol. The number of piperazine rings is 1. The van der Waals surface area contributed by atoms with E-state index in [0.29, 0.717) is 5.92 Å². The Kier molecular flexibility index (Phi) is 5.96. The Morgan fingerprint density at radius 3 is 2.58 bits per heavy atom. The molecule has 0 amide bonds. The second-order valence-corrected chi connectivity index (χ2v) is 7.59. The summed E-state index contributed by atoms with van der Waals surface area (Å²) in [7, 11) is 0. The van der Waals surface area contributed by atoms with Gasteiger partial charge in [-0.2, -0.15) is 0 Å². The third-order valence-corrected chi connectivity index (χ3v) is 5.74. The first-order chi connectivity index (χ1) is 11.6. The van der Waals surface area contributed by atoms with Gasteiger partial charge in [0.25, 0.3) is 0 Å². The smallest absolute Gasteiger partial charge is 0.0303 e. The quantitative estimate of drug-likeness (QED) is 0.897. The molecule has 3 heteroatoms. The van der Waals surface area contributed by atoms with Crippen molar-refractivity contribution in [3.05, 3.63) is 47.7 Å². The summed E-state index contributed by atoms with van der Waals surface area (Å²) >= 11 is 0. The molecule has 2 aliphatic rings. The van der Waals surface area contributed by atoms with E-state index in [1.165, 1.54) is 55.8 Å². The highest BCUT2D eigenvalue weighted by molar-refractivity contribution is 5.23. The minimum Gasteiger partial charge on any atom is -0.372 e. The van der Waals surface area contributed by atoms with Gasteiger partial charge in [-0.05, 0) is 50.8 Å². The van der Waals surface area contributed by atoms with Crippen molar-refractivity contribution in [1.29, 1.82) is 0 Å². The number of piperidine rings is 1. The molecule has 1 atom stereocenters. The molecule has 3 nitrogen and oxygen atoms in total. The number of nitrogens with zero attached hydrogens (tertiary/aromatic N) is 2. The highest BCUT2D eigenvalue weighted by atomic mass is 15.3. The van der Waals surface area contributed by atoms with Crippen molar-refractivity contribution < 1.29 is 0 Å². The molecule has 1 N–H and O–H groups in total. The van der Waals surface area contributed by atoms with E-state index < -0.39 is 0 Å². The van der Waals surface area contributed by atoms with E-state index in [4.69, 9.17) is 0 Å². The standard InChI is InChI=1S/C21H33N3/c1-17-5-4-6-20(15-17)16-18(2)19(3)23-11-13-24(14-12-23)21-7-9-22-10-8-21/h4-6,15,18,21-22H,3,7-14,16H2,1-2H3/t18-/m1/s1. The van der Waals surface area contributed by atoms with E-state index in [0.717, 1.165) is 25.6 Å². The van der Waals surface area contributed by atoms with E-state index in [1.54, 1.807) is 0 Å². The topological polar surface area (TPSA) is 18.5 Å². The Labute approximate surface area is 147 Å². The first-order valence-electron chi connectivity index (χ1n) is 9.57. The molecule has 0 bridgehead atoms. The van der Waals surface area contributed by atoms with Crippen LogP contribution >= 0.6 is 0 Å². The Morgan fingerprint density at radius 2 is 1.92 bits per heavy atom. The van der Waals surface area contributed by atoms with Crippen molar-refractivity contribution in [1.82, 2.24) is 15.1 Å². The minimum atomic E-state index is 0.511. The summed E-state index contributed by atoms with van der Waals surface area (Å²) < 4.78 is 0. The zero-order valence-electron chi connectivity index (χ0n) is 15.4. The van der Waals surface area contributed by atoms with E-state index in [2.05, 4.69) is 59.8 Å². The first-order valence-corrected chi connectivity index (χ1v) is 9.57. The minimum absolute atomic E-state index is 0.511. The summed E-state index contributed by atoms with van der Waals surface area (Å²) in [5.41, 5.74) is 4.10. The number of hydrogen-bond acceptors (Lipinski definition) is 3. The van der Waals surface area contributed by atoms with Gasteiger partial charge < -0.3 is 10.2 Å². The fraction of sp³-hybridized carbons (Fsp3) is 0.619. The lowest BCUT2D eigenvalue weighted by atomic mass is 9.96. The van der Waals surface area contributed by atoms with E-state index in [9.17, 15) is 0 Å². The molecule has 2 aliphatic heterocycles. The van der Waals surface area contributed by atoms with Crippen molar-refractivity contribution in [2.24, 2.45) is 5.92 Å². The molecule has 0 saturated carbocycles. The van der Waals surface area contributed by atoms with Gasteiger partial charge in [0.05, 0.1) is 0 Å². The summed E-state index contributed by atoms with van der Waals surface area (Å²) in [4.78, 5) is 5.23. The molecule has 0 spiro atoms. The Bertz CT molecular complexity index is 540. The van der Waals surface area contributed by atoms with Crippen LogP contribution in [0, 0.1) is 12.8 Å². The Balaban J connectivity index is 1.49. The van der Waals surface area contributed by atoms with Crippen LogP contribution in [0.2, 0.25) is 0 Å². The second kappa shape index (κ2) is 8.17. The second-order valence-electron chi connectivity index (χ2n) is 7.59. The number of rotatable bonds is 5. The summed E-state index contributed by atoms with van der Waals surface area (Å²) in [6, 6.07) is 9.68. The average Bonchev–Trinajstić information content (AvgIpc) is 2.62. The predicted octanol–water partition coefficient (Wildman–Crippen LogP) is 3.06. The van der Waals surface area contributed by atoms with Crippen molar-refractivity contribution in [2.45, 2.75) is 39.2 Å². The largest absolute Gasteiger partial charge is 0.372 e. The molecule has 0 aliphatic carbocycles. The van der Waals surface area contributed by atoms with Crippen LogP contribution < -0.4 is 5.32 Å². The molecule has 132 valence electrons. The van der Waals surface area contributed by atoms with E-state index >= 15 is 0 Å².